The molecule has 0 radical (unpaired) electrons. The number of aryl methyl sites for hydroxylation is 1. The summed E-state index contributed by atoms with van der Waals surface area (Å²) in [5, 5.41) is 9.72. The molecule has 3 fully saturated rings. The van der Waals surface area contributed by atoms with Crippen molar-refractivity contribution < 1.29 is 28.2 Å². The van der Waals surface area contributed by atoms with Gasteiger partial charge in [-0.25, -0.2) is 4.98 Å². The maximum absolute atomic E-state index is 13.3. The molecule has 2 aliphatic carbocycles. The molecule has 1 aliphatic heterocycles. The second kappa shape index (κ2) is 8.55. The number of benzene rings is 1. The first-order valence-corrected chi connectivity index (χ1v) is 11.5. The van der Waals surface area contributed by atoms with Crippen LogP contribution in [0, 0.1) is 0 Å². The van der Waals surface area contributed by atoms with E-state index in [1.54, 1.807) is 17.7 Å². The van der Waals surface area contributed by atoms with E-state index >= 15 is 0 Å². The quantitative estimate of drug-likeness (QED) is 0.738. The number of piperazine rings is 1. The number of rotatable bonds is 5. The van der Waals surface area contributed by atoms with Gasteiger partial charge in [0, 0.05) is 26.2 Å². The fourth-order valence-electron chi connectivity index (χ4n) is 5.06. The van der Waals surface area contributed by atoms with Crippen molar-refractivity contribution in [2.45, 2.75) is 63.2 Å². The number of aliphatic hydroxyl groups excluding tert-OH is 1. The van der Waals surface area contributed by atoms with E-state index in [4.69, 9.17) is 4.74 Å². The van der Waals surface area contributed by atoms with Crippen molar-refractivity contribution in [2.75, 3.05) is 19.6 Å². The van der Waals surface area contributed by atoms with Gasteiger partial charge < -0.3 is 24.2 Å². The Bertz CT molecular complexity index is 1080. The number of alkyl halides is 2. The number of carbonyl (C=O) groups excluding carboxylic acids is 2. The number of fused-ring (bicyclic) bond motifs is 1. The Morgan fingerprint density at radius 2 is 1.88 bits per heavy atom. The van der Waals surface area contributed by atoms with E-state index in [-0.39, 0.29) is 41.7 Å². The predicted molar refractivity (Wildman–Crippen MR) is 115 cm³/mol. The van der Waals surface area contributed by atoms with Crippen molar-refractivity contribution in [3.8, 4) is 5.75 Å². The molecule has 1 aromatic heterocycles. The third-order valence-corrected chi connectivity index (χ3v) is 7.08. The monoisotopic (exact) mass is 462 g/mol. The fourth-order valence-corrected chi connectivity index (χ4v) is 5.06. The van der Waals surface area contributed by atoms with Gasteiger partial charge in [-0.15, -0.1) is 0 Å². The first kappa shape index (κ1) is 22.1. The molecule has 1 aromatic carbocycles. The molecule has 2 amide bonds. The van der Waals surface area contributed by atoms with Crippen LogP contribution < -0.4 is 4.74 Å². The van der Waals surface area contributed by atoms with Crippen molar-refractivity contribution in [3.05, 3.63) is 23.5 Å². The number of ether oxygens (including phenoxy) is 1. The van der Waals surface area contributed by atoms with Crippen LogP contribution in [-0.2, 0) is 11.8 Å². The van der Waals surface area contributed by atoms with Gasteiger partial charge in [0.15, 0.2) is 11.6 Å². The summed E-state index contributed by atoms with van der Waals surface area (Å²) in [7, 11) is 1.68. The number of aliphatic hydroxyl groups is 1. The lowest BCUT2D eigenvalue weighted by molar-refractivity contribution is -0.138. The molecule has 5 rings (SSSR count). The van der Waals surface area contributed by atoms with Crippen LogP contribution in [-0.4, -0.2) is 74.7 Å². The molecule has 3 aliphatic rings. The summed E-state index contributed by atoms with van der Waals surface area (Å²) in [5.74, 6) is -0.141. The van der Waals surface area contributed by atoms with Crippen LogP contribution in [0.2, 0.25) is 0 Å². The SMILES string of the molecule is Cn1c(C(=O)N2CCN(C3CCC(O)CC3)C(=O)C2)nc2c(OC(F)F)cc(C3CC3)cc21. The minimum Gasteiger partial charge on any atom is -0.432 e. The topological polar surface area (TPSA) is 87.9 Å². The Hall–Kier alpha value is -2.75. The maximum atomic E-state index is 13.3. The Morgan fingerprint density at radius 1 is 1.15 bits per heavy atom. The molecule has 0 unspecified atom stereocenters. The number of hydrogen-bond acceptors (Lipinski definition) is 5. The Morgan fingerprint density at radius 3 is 2.52 bits per heavy atom. The lowest BCUT2D eigenvalue weighted by Gasteiger charge is -2.41. The highest BCUT2D eigenvalue weighted by Gasteiger charge is 2.35. The number of carbonyl (C=O) groups is 2. The zero-order valence-electron chi connectivity index (χ0n) is 18.5. The Kier molecular flexibility index (Phi) is 5.72. The molecule has 0 spiro atoms. The molecule has 2 saturated carbocycles. The molecule has 178 valence electrons. The van der Waals surface area contributed by atoms with E-state index in [0.29, 0.717) is 37.4 Å². The van der Waals surface area contributed by atoms with E-state index in [1.165, 1.54) is 4.90 Å². The number of imidazole rings is 1. The number of nitrogens with zero attached hydrogens (tertiary/aromatic N) is 4. The predicted octanol–water partition coefficient (Wildman–Crippen LogP) is 2.64. The highest BCUT2D eigenvalue weighted by molar-refractivity contribution is 5.98. The van der Waals surface area contributed by atoms with Gasteiger partial charge in [0.1, 0.15) is 12.1 Å². The van der Waals surface area contributed by atoms with Crippen LogP contribution in [0.5, 0.6) is 5.75 Å². The maximum Gasteiger partial charge on any atom is 0.387 e. The second-order valence-electron chi connectivity index (χ2n) is 9.31. The van der Waals surface area contributed by atoms with Crippen LogP contribution in [0.4, 0.5) is 8.78 Å². The van der Waals surface area contributed by atoms with Crippen LogP contribution in [0.3, 0.4) is 0 Å². The number of hydrogen-bond donors (Lipinski definition) is 1. The second-order valence-corrected chi connectivity index (χ2v) is 9.31. The molecule has 0 atom stereocenters. The normalized spacial score (nSPS) is 24.1. The third-order valence-electron chi connectivity index (χ3n) is 7.08. The van der Waals surface area contributed by atoms with Crippen molar-refractivity contribution in [3.63, 3.8) is 0 Å². The fraction of sp³-hybridized carbons (Fsp3) is 0.609. The van der Waals surface area contributed by atoms with E-state index < -0.39 is 12.5 Å². The van der Waals surface area contributed by atoms with Crippen molar-refractivity contribution in [2.24, 2.45) is 7.05 Å². The molecule has 10 heteroatoms. The number of aromatic nitrogens is 2. The number of amides is 2. The third kappa shape index (κ3) is 4.28. The van der Waals surface area contributed by atoms with Gasteiger partial charge in [-0.1, -0.05) is 0 Å². The summed E-state index contributed by atoms with van der Waals surface area (Å²) in [4.78, 5) is 33.7. The van der Waals surface area contributed by atoms with E-state index in [9.17, 15) is 23.5 Å². The smallest absolute Gasteiger partial charge is 0.387 e. The molecular formula is C23H28F2N4O4. The molecule has 2 heterocycles. The van der Waals surface area contributed by atoms with Crippen molar-refractivity contribution >= 4 is 22.8 Å². The van der Waals surface area contributed by atoms with Gasteiger partial charge in [-0.3, -0.25) is 9.59 Å². The summed E-state index contributed by atoms with van der Waals surface area (Å²) in [6, 6.07) is 3.58. The van der Waals surface area contributed by atoms with E-state index in [1.807, 2.05) is 11.0 Å². The van der Waals surface area contributed by atoms with Crippen molar-refractivity contribution in [1.82, 2.24) is 19.4 Å². The summed E-state index contributed by atoms with van der Waals surface area (Å²) >= 11 is 0. The highest BCUT2D eigenvalue weighted by Crippen LogP contribution is 2.43. The Labute approximate surface area is 190 Å². The highest BCUT2D eigenvalue weighted by atomic mass is 19.3. The van der Waals surface area contributed by atoms with Gasteiger partial charge in [-0.2, -0.15) is 8.78 Å². The Balaban J connectivity index is 1.37. The van der Waals surface area contributed by atoms with Crippen LogP contribution >= 0.6 is 0 Å². The molecule has 33 heavy (non-hydrogen) atoms. The van der Waals surface area contributed by atoms with E-state index in [2.05, 4.69) is 4.98 Å². The summed E-state index contributed by atoms with van der Waals surface area (Å²) in [5.41, 5.74) is 1.68. The van der Waals surface area contributed by atoms with Crippen LogP contribution in [0.1, 0.15) is 60.6 Å². The average Bonchev–Trinajstić information content (AvgIpc) is 3.58. The van der Waals surface area contributed by atoms with E-state index in [0.717, 1.165) is 31.2 Å². The minimum absolute atomic E-state index is 0.0283. The first-order valence-electron chi connectivity index (χ1n) is 11.5. The number of halogens is 2. The van der Waals surface area contributed by atoms with Crippen molar-refractivity contribution in [1.29, 1.82) is 0 Å². The summed E-state index contributed by atoms with van der Waals surface area (Å²) < 4.78 is 32.4. The van der Waals surface area contributed by atoms with Gasteiger partial charge in [0.2, 0.25) is 5.91 Å². The molecule has 1 saturated heterocycles. The van der Waals surface area contributed by atoms with Gasteiger partial charge in [-0.05, 0) is 62.1 Å². The molecular weight excluding hydrogens is 434 g/mol. The molecule has 8 nitrogen and oxygen atoms in total. The largest absolute Gasteiger partial charge is 0.432 e. The van der Waals surface area contributed by atoms with Gasteiger partial charge in [0.25, 0.3) is 5.91 Å². The molecule has 2 aromatic rings. The average molecular weight is 462 g/mol. The van der Waals surface area contributed by atoms with Crippen LogP contribution in [0.25, 0.3) is 11.0 Å². The zero-order chi connectivity index (χ0) is 23.3. The summed E-state index contributed by atoms with van der Waals surface area (Å²) in [6.45, 7) is -2.23. The molecule has 0 bridgehead atoms. The summed E-state index contributed by atoms with van der Waals surface area (Å²) in [6.07, 6.45) is 4.59. The minimum atomic E-state index is -2.99. The lowest BCUT2D eigenvalue weighted by Crippen LogP contribution is -2.56. The van der Waals surface area contributed by atoms with Crippen LogP contribution in [0.15, 0.2) is 12.1 Å². The van der Waals surface area contributed by atoms with Gasteiger partial charge in [0.05, 0.1) is 11.6 Å². The first-order chi connectivity index (χ1) is 15.8. The molecule has 1 N–H and O–H groups in total. The van der Waals surface area contributed by atoms with Gasteiger partial charge >= 0.3 is 6.61 Å². The zero-order valence-corrected chi connectivity index (χ0v) is 18.5. The standard InChI is InChI=1S/C23H28F2N4O4/c1-27-17-10-14(13-2-3-13)11-18(33-23(24)25)20(17)26-21(27)22(32)28-8-9-29(19(31)12-28)15-4-6-16(30)7-5-15/h10-11,13,15-16,23,30H,2-9,12H2,1H3. The lowest BCUT2D eigenvalue weighted by atomic mass is 9.91.